The summed E-state index contributed by atoms with van der Waals surface area (Å²) in [6, 6.07) is 13.3. The Morgan fingerprint density at radius 1 is 1.08 bits per heavy atom. The van der Waals surface area contributed by atoms with Crippen LogP contribution in [-0.4, -0.2) is 39.5 Å². The van der Waals surface area contributed by atoms with E-state index in [1.165, 1.54) is 17.8 Å². The first-order valence-corrected chi connectivity index (χ1v) is 8.69. The first-order chi connectivity index (χ1) is 12.1. The van der Waals surface area contributed by atoms with Crippen molar-refractivity contribution in [3.05, 3.63) is 65.5 Å². The predicted octanol–water partition coefficient (Wildman–Crippen LogP) is 3.41. The highest BCUT2D eigenvalue weighted by atomic mass is 16.4. The molecule has 1 saturated carbocycles. The molecule has 0 atom stereocenters. The molecule has 0 spiro atoms. The number of carboxylic acid groups (broad SMARTS) is 1. The van der Waals surface area contributed by atoms with E-state index in [9.17, 15) is 9.59 Å². The zero-order valence-corrected chi connectivity index (χ0v) is 14.1. The van der Waals surface area contributed by atoms with Gasteiger partial charge in [-0.3, -0.25) is 4.79 Å². The van der Waals surface area contributed by atoms with Gasteiger partial charge in [0.2, 0.25) is 0 Å². The summed E-state index contributed by atoms with van der Waals surface area (Å²) in [5, 5.41) is 8.95. The van der Waals surface area contributed by atoms with Gasteiger partial charge < -0.3 is 10.0 Å². The molecule has 1 amide bonds. The zero-order valence-electron chi connectivity index (χ0n) is 14.1. The third kappa shape index (κ3) is 4.24. The predicted molar refractivity (Wildman–Crippen MR) is 94.6 cm³/mol. The Kier molecular flexibility index (Phi) is 5.43. The number of amides is 1. The number of aromatic nitrogens is 1. The maximum atomic E-state index is 13.0. The van der Waals surface area contributed by atoms with Crippen LogP contribution in [-0.2, 0) is 6.42 Å². The molecule has 1 aliphatic rings. The molecule has 1 fully saturated rings. The molecule has 1 N–H and O–H groups in total. The third-order valence-electron chi connectivity index (χ3n) is 4.74. The quantitative estimate of drug-likeness (QED) is 0.876. The number of carboxylic acids is 1. The number of aromatic carboxylic acids is 1. The molecule has 1 aromatic carbocycles. The van der Waals surface area contributed by atoms with Crippen LogP contribution in [0.5, 0.6) is 0 Å². The summed E-state index contributed by atoms with van der Waals surface area (Å²) in [5.41, 5.74) is 1.61. The molecule has 1 aromatic heterocycles. The number of carbonyl (C=O) groups excluding carboxylic acids is 1. The molecule has 0 saturated heterocycles. The van der Waals surface area contributed by atoms with E-state index in [1.54, 1.807) is 6.07 Å². The molecule has 2 aromatic rings. The molecule has 1 heterocycles. The first kappa shape index (κ1) is 17.1. The maximum absolute atomic E-state index is 13.0. The van der Waals surface area contributed by atoms with Crippen molar-refractivity contribution in [2.24, 2.45) is 0 Å². The largest absolute Gasteiger partial charge is 0.477 e. The Labute approximate surface area is 147 Å². The molecule has 3 rings (SSSR count). The van der Waals surface area contributed by atoms with Crippen molar-refractivity contribution >= 4 is 11.9 Å². The number of rotatable bonds is 6. The highest BCUT2D eigenvalue weighted by Gasteiger charge is 2.27. The highest BCUT2D eigenvalue weighted by Crippen LogP contribution is 2.25. The van der Waals surface area contributed by atoms with Crippen molar-refractivity contribution in [2.75, 3.05) is 6.54 Å². The Balaban J connectivity index is 1.75. The van der Waals surface area contributed by atoms with Gasteiger partial charge in [0.25, 0.3) is 5.91 Å². The first-order valence-electron chi connectivity index (χ1n) is 8.69. The standard InChI is InChI=1S/C20H22N2O3/c23-19(16-10-11-18(20(24)25)21-14-16)22(17-8-4-5-9-17)13-12-15-6-2-1-3-7-15/h1-3,6-7,10-11,14,17H,4-5,8-9,12-13H2,(H,24,25). The minimum Gasteiger partial charge on any atom is -0.477 e. The number of carbonyl (C=O) groups is 2. The summed E-state index contributed by atoms with van der Waals surface area (Å²) < 4.78 is 0. The number of pyridine rings is 1. The Morgan fingerprint density at radius 2 is 1.80 bits per heavy atom. The van der Waals surface area contributed by atoms with Crippen LogP contribution in [0.1, 0.15) is 52.1 Å². The van der Waals surface area contributed by atoms with Gasteiger partial charge in [-0.15, -0.1) is 0 Å². The van der Waals surface area contributed by atoms with Crippen LogP contribution in [0.25, 0.3) is 0 Å². The molecule has 1 aliphatic carbocycles. The van der Waals surface area contributed by atoms with Gasteiger partial charge in [0.05, 0.1) is 5.56 Å². The normalized spacial score (nSPS) is 14.4. The molecule has 0 radical (unpaired) electrons. The van der Waals surface area contributed by atoms with Crippen molar-refractivity contribution in [1.29, 1.82) is 0 Å². The average Bonchev–Trinajstić information content (AvgIpc) is 3.17. The Bertz CT molecular complexity index is 722. The van der Waals surface area contributed by atoms with Gasteiger partial charge in [-0.05, 0) is 37.0 Å². The van der Waals surface area contributed by atoms with E-state index >= 15 is 0 Å². The lowest BCUT2D eigenvalue weighted by Gasteiger charge is -2.29. The second-order valence-corrected chi connectivity index (χ2v) is 6.41. The van der Waals surface area contributed by atoms with Crippen LogP contribution in [0.2, 0.25) is 0 Å². The van der Waals surface area contributed by atoms with E-state index in [4.69, 9.17) is 5.11 Å². The van der Waals surface area contributed by atoms with Crippen molar-refractivity contribution in [3.63, 3.8) is 0 Å². The fourth-order valence-corrected chi connectivity index (χ4v) is 3.37. The molecule has 25 heavy (non-hydrogen) atoms. The molecule has 0 aliphatic heterocycles. The van der Waals surface area contributed by atoms with Gasteiger partial charge in [-0.1, -0.05) is 43.2 Å². The number of hydrogen-bond acceptors (Lipinski definition) is 3. The summed E-state index contributed by atoms with van der Waals surface area (Å²) in [6.07, 6.45) is 6.54. The number of hydrogen-bond donors (Lipinski definition) is 1. The lowest BCUT2D eigenvalue weighted by Crippen LogP contribution is -2.40. The Morgan fingerprint density at radius 3 is 2.40 bits per heavy atom. The molecule has 0 unspecified atom stereocenters. The third-order valence-corrected chi connectivity index (χ3v) is 4.74. The van der Waals surface area contributed by atoms with E-state index in [-0.39, 0.29) is 17.6 Å². The van der Waals surface area contributed by atoms with E-state index in [1.807, 2.05) is 23.1 Å². The molecular weight excluding hydrogens is 316 g/mol. The van der Waals surface area contributed by atoms with Crippen molar-refractivity contribution in [3.8, 4) is 0 Å². The minimum atomic E-state index is -1.09. The summed E-state index contributed by atoms with van der Waals surface area (Å²) in [6.45, 7) is 0.661. The van der Waals surface area contributed by atoms with Crippen molar-refractivity contribution < 1.29 is 14.7 Å². The van der Waals surface area contributed by atoms with E-state index in [0.717, 1.165) is 32.1 Å². The lowest BCUT2D eigenvalue weighted by molar-refractivity contribution is 0.0671. The fourth-order valence-electron chi connectivity index (χ4n) is 3.37. The van der Waals surface area contributed by atoms with Gasteiger partial charge in [0.1, 0.15) is 5.69 Å². The molecule has 130 valence electrons. The van der Waals surface area contributed by atoms with E-state index in [0.29, 0.717) is 12.1 Å². The van der Waals surface area contributed by atoms with Gasteiger partial charge in [0.15, 0.2) is 0 Å². The minimum absolute atomic E-state index is 0.0479. The van der Waals surface area contributed by atoms with E-state index in [2.05, 4.69) is 17.1 Å². The average molecular weight is 338 g/mol. The van der Waals surface area contributed by atoms with Crippen LogP contribution in [0, 0.1) is 0 Å². The van der Waals surface area contributed by atoms with Crippen LogP contribution in [0.4, 0.5) is 0 Å². The fraction of sp³-hybridized carbons (Fsp3) is 0.350. The lowest BCUT2D eigenvalue weighted by atomic mass is 10.1. The van der Waals surface area contributed by atoms with Crippen LogP contribution in [0.3, 0.4) is 0 Å². The summed E-state index contributed by atoms with van der Waals surface area (Å²) in [7, 11) is 0. The molecule has 0 bridgehead atoms. The second-order valence-electron chi connectivity index (χ2n) is 6.41. The monoisotopic (exact) mass is 338 g/mol. The van der Waals surface area contributed by atoms with Gasteiger partial charge in [-0.25, -0.2) is 9.78 Å². The van der Waals surface area contributed by atoms with Crippen LogP contribution >= 0.6 is 0 Å². The molecule has 5 heteroatoms. The van der Waals surface area contributed by atoms with Gasteiger partial charge >= 0.3 is 5.97 Å². The van der Waals surface area contributed by atoms with Crippen LogP contribution < -0.4 is 0 Å². The topological polar surface area (TPSA) is 70.5 Å². The van der Waals surface area contributed by atoms with Gasteiger partial charge in [0, 0.05) is 18.8 Å². The zero-order chi connectivity index (χ0) is 17.6. The second kappa shape index (κ2) is 7.92. The van der Waals surface area contributed by atoms with Crippen molar-refractivity contribution in [1.82, 2.24) is 9.88 Å². The van der Waals surface area contributed by atoms with Gasteiger partial charge in [-0.2, -0.15) is 0 Å². The number of nitrogens with zero attached hydrogens (tertiary/aromatic N) is 2. The van der Waals surface area contributed by atoms with Crippen LogP contribution in [0.15, 0.2) is 48.7 Å². The smallest absolute Gasteiger partial charge is 0.354 e. The SMILES string of the molecule is O=C(O)c1ccc(C(=O)N(CCc2ccccc2)C2CCCC2)cn1. The number of benzene rings is 1. The highest BCUT2D eigenvalue weighted by molar-refractivity contribution is 5.95. The summed E-state index contributed by atoms with van der Waals surface area (Å²) in [4.78, 5) is 29.7. The van der Waals surface area contributed by atoms with Crippen molar-refractivity contribution in [2.45, 2.75) is 38.1 Å². The maximum Gasteiger partial charge on any atom is 0.354 e. The van der Waals surface area contributed by atoms with E-state index < -0.39 is 5.97 Å². The molecular formula is C20H22N2O3. The summed E-state index contributed by atoms with van der Waals surface area (Å²) >= 11 is 0. The Hall–Kier alpha value is -2.69. The summed E-state index contributed by atoms with van der Waals surface area (Å²) in [5.74, 6) is -1.15. The molecule has 5 nitrogen and oxygen atoms in total.